The third-order valence-corrected chi connectivity index (χ3v) is 3.43. The molecule has 0 bridgehead atoms. The van der Waals surface area contributed by atoms with Crippen LogP contribution in [0.1, 0.15) is 11.3 Å². The van der Waals surface area contributed by atoms with E-state index in [1.54, 1.807) is 18.4 Å². The van der Waals surface area contributed by atoms with Crippen molar-refractivity contribution < 1.29 is 4.74 Å². The fourth-order valence-electron chi connectivity index (χ4n) is 1.09. The predicted octanol–water partition coefficient (Wildman–Crippen LogP) is 2.42. The van der Waals surface area contributed by atoms with E-state index in [0.717, 1.165) is 19.4 Å². The highest BCUT2D eigenvalue weighted by Crippen LogP contribution is 2.23. The Morgan fingerprint density at radius 3 is 2.92 bits per heavy atom. The Hall–Kier alpha value is 0.1000. The highest BCUT2D eigenvalue weighted by molar-refractivity contribution is 9.11. The molecule has 2 N–H and O–H groups in total. The fourth-order valence-corrected chi connectivity index (χ4v) is 2.67. The Bertz CT molecular complexity index is 252. The first-order chi connectivity index (χ1) is 6.22. The quantitative estimate of drug-likeness (QED) is 0.886. The Labute approximate surface area is 91.2 Å². The number of ether oxygens (including phenoxy) is 1. The maximum Gasteiger partial charge on any atom is 0.0701 e. The third kappa shape index (κ3) is 4.22. The van der Waals surface area contributed by atoms with Crippen molar-refractivity contribution in [3.63, 3.8) is 0 Å². The number of rotatable bonds is 5. The molecule has 0 radical (unpaired) electrons. The second-order valence-corrected chi connectivity index (χ2v) is 5.50. The lowest BCUT2D eigenvalue weighted by molar-refractivity contribution is 0.188. The Balaban J connectivity index is 2.31. The molecule has 1 aromatic heterocycles. The molecule has 4 heteroatoms. The van der Waals surface area contributed by atoms with E-state index in [1.807, 2.05) is 0 Å². The first-order valence-corrected chi connectivity index (χ1v) is 5.82. The molecule has 0 aromatic carbocycles. The summed E-state index contributed by atoms with van der Waals surface area (Å²) in [4.78, 5) is 1.33. The van der Waals surface area contributed by atoms with E-state index < -0.39 is 0 Å². The van der Waals surface area contributed by atoms with E-state index in [9.17, 15) is 0 Å². The summed E-state index contributed by atoms with van der Waals surface area (Å²) < 4.78 is 6.14. The van der Waals surface area contributed by atoms with Crippen molar-refractivity contribution in [3.05, 3.63) is 20.8 Å². The molecule has 1 heterocycles. The van der Waals surface area contributed by atoms with Crippen LogP contribution < -0.4 is 5.73 Å². The molecule has 0 amide bonds. The molecule has 2 nitrogen and oxygen atoms in total. The molecule has 1 atom stereocenters. The molecule has 0 aliphatic carbocycles. The largest absolute Gasteiger partial charge is 0.385 e. The van der Waals surface area contributed by atoms with Crippen LogP contribution in [0.5, 0.6) is 0 Å². The first-order valence-electron chi connectivity index (χ1n) is 4.21. The molecular formula is C9H14BrNOS. The zero-order valence-corrected chi connectivity index (χ0v) is 10.0. The molecule has 0 spiro atoms. The van der Waals surface area contributed by atoms with E-state index in [4.69, 9.17) is 10.5 Å². The zero-order chi connectivity index (χ0) is 9.68. The van der Waals surface area contributed by atoms with Crippen molar-refractivity contribution in [1.29, 1.82) is 0 Å². The van der Waals surface area contributed by atoms with Crippen LogP contribution in [0, 0.1) is 0 Å². The van der Waals surface area contributed by atoms with Crippen LogP contribution in [0.25, 0.3) is 0 Å². The normalized spacial score (nSPS) is 13.2. The van der Waals surface area contributed by atoms with Crippen LogP contribution in [0.4, 0.5) is 0 Å². The van der Waals surface area contributed by atoms with Gasteiger partial charge in [0.2, 0.25) is 0 Å². The highest BCUT2D eigenvalue weighted by Gasteiger charge is 2.05. The summed E-state index contributed by atoms with van der Waals surface area (Å²) in [5, 5.41) is 0. The van der Waals surface area contributed by atoms with Gasteiger partial charge in [-0.2, -0.15) is 0 Å². The molecule has 0 aliphatic rings. The lowest BCUT2D eigenvalue weighted by Gasteiger charge is -2.08. The molecule has 0 saturated carbocycles. The molecule has 13 heavy (non-hydrogen) atoms. The van der Waals surface area contributed by atoms with Gasteiger partial charge in [-0.05, 0) is 40.9 Å². The summed E-state index contributed by atoms with van der Waals surface area (Å²) >= 11 is 5.17. The predicted molar refractivity (Wildman–Crippen MR) is 60.2 cm³/mol. The van der Waals surface area contributed by atoms with E-state index in [2.05, 4.69) is 28.1 Å². The topological polar surface area (TPSA) is 35.2 Å². The average molecular weight is 264 g/mol. The minimum Gasteiger partial charge on any atom is -0.385 e. The second-order valence-electron chi connectivity index (χ2n) is 2.95. The smallest absolute Gasteiger partial charge is 0.0701 e. The van der Waals surface area contributed by atoms with Crippen LogP contribution in [0.15, 0.2) is 15.9 Å². The van der Waals surface area contributed by atoms with Gasteiger partial charge in [0.25, 0.3) is 0 Å². The van der Waals surface area contributed by atoms with E-state index in [1.165, 1.54) is 8.66 Å². The summed E-state index contributed by atoms with van der Waals surface area (Å²) in [6, 6.07) is 4.38. The van der Waals surface area contributed by atoms with Crippen molar-refractivity contribution in [2.24, 2.45) is 5.73 Å². The van der Waals surface area contributed by atoms with Crippen molar-refractivity contribution in [1.82, 2.24) is 0 Å². The molecular weight excluding hydrogens is 250 g/mol. The molecule has 0 saturated heterocycles. The molecule has 0 fully saturated rings. The number of halogens is 1. The Kier molecular flexibility index (Phi) is 4.94. The van der Waals surface area contributed by atoms with Crippen LogP contribution in [0.3, 0.4) is 0 Å². The standard InChI is InChI=1S/C9H14BrNOS/c1-12-5-4-7(11)6-8-2-3-9(10)13-8/h2-3,7H,4-6,11H2,1H3. The van der Waals surface area contributed by atoms with Gasteiger partial charge in [-0.3, -0.25) is 0 Å². The van der Waals surface area contributed by atoms with Crippen molar-refractivity contribution in [3.8, 4) is 0 Å². The van der Waals surface area contributed by atoms with Gasteiger partial charge in [-0.25, -0.2) is 0 Å². The summed E-state index contributed by atoms with van der Waals surface area (Å²) in [5.41, 5.74) is 5.91. The lowest BCUT2D eigenvalue weighted by Crippen LogP contribution is -2.23. The number of hydrogen-bond acceptors (Lipinski definition) is 3. The lowest BCUT2D eigenvalue weighted by atomic mass is 10.1. The van der Waals surface area contributed by atoms with E-state index >= 15 is 0 Å². The number of hydrogen-bond donors (Lipinski definition) is 1. The molecule has 1 aromatic rings. The van der Waals surface area contributed by atoms with Gasteiger partial charge in [0.05, 0.1) is 3.79 Å². The summed E-state index contributed by atoms with van der Waals surface area (Å²) in [5.74, 6) is 0. The van der Waals surface area contributed by atoms with E-state index in [0.29, 0.717) is 0 Å². The molecule has 74 valence electrons. The van der Waals surface area contributed by atoms with Gasteiger partial charge in [-0.1, -0.05) is 0 Å². The summed E-state index contributed by atoms with van der Waals surface area (Å²) in [6.07, 6.45) is 1.87. The van der Waals surface area contributed by atoms with Crippen molar-refractivity contribution >= 4 is 27.3 Å². The maximum absolute atomic E-state index is 5.91. The van der Waals surface area contributed by atoms with Crippen LogP contribution in [0.2, 0.25) is 0 Å². The molecule has 0 aliphatic heterocycles. The summed E-state index contributed by atoms with van der Waals surface area (Å²) in [7, 11) is 1.70. The maximum atomic E-state index is 5.91. The van der Waals surface area contributed by atoms with Gasteiger partial charge in [0.1, 0.15) is 0 Å². The fraction of sp³-hybridized carbons (Fsp3) is 0.556. The Morgan fingerprint density at radius 1 is 1.62 bits per heavy atom. The van der Waals surface area contributed by atoms with Crippen molar-refractivity contribution in [2.75, 3.05) is 13.7 Å². The third-order valence-electron chi connectivity index (χ3n) is 1.78. The molecule has 1 rings (SSSR count). The summed E-state index contributed by atoms with van der Waals surface area (Å²) in [6.45, 7) is 0.744. The second kappa shape index (κ2) is 5.75. The van der Waals surface area contributed by atoms with Crippen LogP contribution in [-0.4, -0.2) is 19.8 Å². The number of methoxy groups -OCH3 is 1. The van der Waals surface area contributed by atoms with Gasteiger partial charge in [0.15, 0.2) is 0 Å². The minimum atomic E-state index is 0.213. The van der Waals surface area contributed by atoms with Gasteiger partial charge >= 0.3 is 0 Å². The average Bonchev–Trinajstić information content (AvgIpc) is 2.48. The van der Waals surface area contributed by atoms with Gasteiger partial charge < -0.3 is 10.5 Å². The van der Waals surface area contributed by atoms with Crippen LogP contribution in [-0.2, 0) is 11.2 Å². The monoisotopic (exact) mass is 263 g/mol. The van der Waals surface area contributed by atoms with Crippen molar-refractivity contribution in [2.45, 2.75) is 18.9 Å². The number of thiophene rings is 1. The molecule has 1 unspecified atom stereocenters. The number of nitrogens with two attached hydrogens (primary N) is 1. The van der Waals surface area contributed by atoms with Gasteiger partial charge in [-0.15, -0.1) is 11.3 Å². The SMILES string of the molecule is COCCC(N)Cc1ccc(Br)s1. The first kappa shape index (κ1) is 11.2. The zero-order valence-electron chi connectivity index (χ0n) is 7.63. The van der Waals surface area contributed by atoms with E-state index in [-0.39, 0.29) is 6.04 Å². The minimum absolute atomic E-state index is 0.213. The van der Waals surface area contributed by atoms with Crippen LogP contribution >= 0.6 is 27.3 Å². The highest BCUT2D eigenvalue weighted by atomic mass is 79.9. The Morgan fingerprint density at radius 2 is 2.38 bits per heavy atom. The van der Waals surface area contributed by atoms with Gasteiger partial charge in [0, 0.05) is 24.6 Å².